The van der Waals surface area contributed by atoms with Crippen molar-refractivity contribution in [2.45, 2.75) is 58.2 Å². The van der Waals surface area contributed by atoms with Crippen LogP contribution in [-0.2, 0) is 22.4 Å². The molecule has 2 aromatic rings. The number of amides is 2. The van der Waals surface area contributed by atoms with Gasteiger partial charge >= 0.3 is 6.09 Å². The van der Waals surface area contributed by atoms with Crippen molar-refractivity contribution in [3.63, 3.8) is 0 Å². The standard InChI is InChI=1S/C25H34N4O5S/c1-4-19-22(35-15-27-19)17-7-5-16(6-8-17)9-10-26-23(32)20-11-18(31)12-29(20)14-25(2,3)21(13-30)28-24(33)34/h5-8,13,15,18,20-21,28,31H,4,9-12,14H2,1-3H3,(H,26,32)(H,33,34)/t18-,20+,21-/m1/s1. The summed E-state index contributed by atoms with van der Waals surface area (Å²) in [5, 5.41) is 24.4. The molecule has 3 atom stereocenters. The van der Waals surface area contributed by atoms with Gasteiger partial charge in [0.05, 0.1) is 34.3 Å². The number of benzene rings is 1. The van der Waals surface area contributed by atoms with Crippen molar-refractivity contribution in [1.29, 1.82) is 0 Å². The van der Waals surface area contributed by atoms with Gasteiger partial charge in [-0.2, -0.15) is 0 Å². The smallest absolute Gasteiger partial charge is 0.405 e. The minimum Gasteiger partial charge on any atom is -0.465 e. The lowest BCUT2D eigenvalue weighted by Gasteiger charge is -2.36. The van der Waals surface area contributed by atoms with Crippen LogP contribution in [0.1, 0.15) is 38.4 Å². The molecule has 4 N–H and O–H groups in total. The summed E-state index contributed by atoms with van der Waals surface area (Å²) in [6, 6.07) is 6.81. The predicted octanol–water partition coefficient (Wildman–Crippen LogP) is 2.33. The van der Waals surface area contributed by atoms with Crippen molar-refractivity contribution >= 4 is 29.6 Å². The van der Waals surface area contributed by atoms with Crippen molar-refractivity contribution in [2.24, 2.45) is 5.41 Å². The highest BCUT2D eigenvalue weighted by molar-refractivity contribution is 7.13. The van der Waals surface area contributed by atoms with Crippen LogP contribution in [0.5, 0.6) is 0 Å². The predicted molar refractivity (Wildman–Crippen MR) is 134 cm³/mol. The number of carbonyl (C=O) groups is 3. The number of nitrogens with zero attached hydrogens (tertiary/aromatic N) is 2. The fourth-order valence-electron chi connectivity index (χ4n) is 4.52. The molecule has 1 aromatic carbocycles. The lowest BCUT2D eigenvalue weighted by atomic mass is 9.84. The van der Waals surface area contributed by atoms with Crippen LogP contribution in [-0.4, -0.2) is 76.2 Å². The number of carbonyl (C=O) groups excluding carboxylic acids is 2. The van der Waals surface area contributed by atoms with Gasteiger partial charge < -0.3 is 25.6 Å². The number of thiazole rings is 1. The van der Waals surface area contributed by atoms with Crippen LogP contribution in [0.15, 0.2) is 29.8 Å². The first-order valence-electron chi connectivity index (χ1n) is 11.8. The molecule has 0 bridgehead atoms. The second-order valence-corrected chi connectivity index (χ2v) is 10.5. The lowest BCUT2D eigenvalue weighted by molar-refractivity contribution is -0.126. The Morgan fingerprint density at radius 1 is 1.31 bits per heavy atom. The molecule has 190 valence electrons. The third-order valence-corrected chi connectivity index (χ3v) is 7.37. The number of aromatic nitrogens is 1. The van der Waals surface area contributed by atoms with Gasteiger partial charge in [-0.3, -0.25) is 9.69 Å². The van der Waals surface area contributed by atoms with Crippen molar-refractivity contribution in [1.82, 2.24) is 20.5 Å². The van der Waals surface area contributed by atoms with E-state index in [4.69, 9.17) is 5.11 Å². The molecule has 1 fully saturated rings. The van der Waals surface area contributed by atoms with Crippen LogP contribution in [0, 0.1) is 5.41 Å². The zero-order chi connectivity index (χ0) is 25.6. The molecule has 35 heavy (non-hydrogen) atoms. The monoisotopic (exact) mass is 502 g/mol. The Hall–Kier alpha value is -2.82. The zero-order valence-corrected chi connectivity index (χ0v) is 21.2. The molecule has 1 saturated heterocycles. The van der Waals surface area contributed by atoms with E-state index in [-0.39, 0.29) is 12.5 Å². The average molecular weight is 503 g/mol. The quantitative estimate of drug-likeness (QED) is 0.347. The molecule has 10 heteroatoms. The molecule has 2 heterocycles. The molecular formula is C25H34N4O5S. The van der Waals surface area contributed by atoms with Gasteiger partial charge in [0.25, 0.3) is 0 Å². The summed E-state index contributed by atoms with van der Waals surface area (Å²) in [5.74, 6) is -0.180. The van der Waals surface area contributed by atoms with E-state index in [2.05, 4.69) is 46.8 Å². The molecule has 0 aliphatic carbocycles. The minimum absolute atomic E-state index is 0.180. The maximum atomic E-state index is 12.9. The number of nitrogens with one attached hydrogen (secondary N) is 2. The Morgan fingerprint density at radius 2 is 2.03 bits per heavy atom. The summed E-state index contributed by atoms with van der Waals surface area (Å²) in [5.41, 5.74) is 4.44. The Labute approximate surface area is 209 Å². The number of aliphatic hydroxyl groups is 1. The van der Waals surface area contributed by atoms with Gasteiger partial charge in [-0.25, -0.2) is 9.78 Å². The fraction of sp³-hybridized carbons (Fsp3) is 0.520. The number of hydrogen-bond acceptors (Lipinski definition) is 7. The zero-order valence-electron chi connectivity index (χ0n) is 20.4. The second kappa shape index (κ2) is 11.7. The van der Waals surface area contributed by atoms with Crippen LogP contribution < -0.4 is 10.6 Å². The van der Waals surface area contributed by atoms with Gasteiger partial charge in [0, 0.05) is 25.0 Å². The molecule has 1 aromatic heterocycles. The highest BCUT2D eigenvalue weighted by Crippen LogP contribution is 2.29. The number of aliphatic hydroxyl groups excluding tert-OH is 1. The normalized spacial score (nSPS) is 19.3. The fourth-order valence-corrected chi connectivity index (χ4v) is 5.41. The molecule has 1 aliphatic heterocycles. The molecule has 1 aliphatic rings. The van der Waals surface area contributed by atoms with Crippen molar-refractivity contribution < 1.29 is 24.6 Å². The van der Waals surface area contributed by atoms with E-state index in [0.717, 1.165) is 23.2 Å². The summed E-state index contributed by atoms with van der Waals surface area (Å²) < 4.78 is 0. The average Bonchev–Trinajstić information content (AvgIpc) is 3.43. The second-order valence-electron chi connectivity index (χ2n) is 9.61. The molecule has 0 saturated carbocycles. The highest BCUT2D eigenvalue weighted by atomic mass is 32.1. The number of aryl methyl sites for hydroxylation is 1. The molecule has 0 unspecified atom stereocenters. The van der Waals surface area contributed by atoms with Gasteiger partial charge in [-0.15, -0.1) is 11.3 Å². The number of β-amino-alcohol motifs (C(OH)–C–C–N with tert-alkyl or cyclic N) is 1. The number of hydrogen-bond donors (Lipinski definition) is 4. The first-order valence-corrected chi connectivity index (χ1v) is 12.7. The Morgan fingerprint density at radius 3 is 2.66 bits per heavy atom. The van der Waals surface area contributed by atoms with E-state index in [0.29, 0.717) is 32.2 Å². The Balaban J connectivity index is 1.55. The van der Waals surface area contributed by atoms with Gasteiger partial charge in [-0.1, -0.05) is 45.0 Å². The third-order valence-electron chi connectivity index (χ3n) is 6.46. The van der Waals surface area contributed by atoms with Crippen molar-refractivity contribution in [2.75, 3.05) is 19.6 Å². The van der Waals surface area contributed by atoms with E-state index in [1.54, 1.807) is 25.2 Å². The first kappa shape index (κ1) is 26.8. The van der Waals surface area contributed by atoms with E-state index < -0.39 is 29.7 Å². The van der Waals surface area contributed by atoms with E-state index >= 15 is 0 Å². The molecule has 2 amide bonds. The van der Waals surface area contributed by atoms with Crippen LogP contribution in [0.4, 0.5) is 4.79 Å². The molecule has 0 radical (unpaired) electrons. The Bertz CT molecular complexity index is 1020. The molecule has 3 rings (SSSR count). The number of likely N-dealkylation sites (tertiary alicyclic amines) is 1. The van der Waals surface area contributed by atoms with Crippen LogP contribution >= 0.6 is 11.3 Å². The van der Waals surface area contributed by atoms with Crippen LogP contribution in [0.2, 0.25) is 0 Å². The van der Waals surface area contributed by atoms with Gasteiger partial charge in [0.1, 0.15) is 6.29 Å². The summed E-state index contributed by atoms with van der Waals surface area (Å²) in [4.78, 5) is 42.8. The van der Waals surface area contributed by atoms with E-state index in [1.807, 2.05) is 10.4 Å². The molecule has 9 nitrogen and oxygen atoms in total. The Kier molecular flexibility index (Phi) is 8.98. The van der Waals surface area contributed by atoms with E-state index in [9.17, 15) is 19.5 Å². The minimum atomic E-state index is -1.28. The van der Waals surface area contributed by atoms with Gasteiger partial charge in [0.2, 0.25) is 5.91 Å². The summed E-state index contributed by atoms with van der Waals surface area (Å²) >= 11 is 1.63. The van der Waals surface area contributed by atoms with Gasteiger partial charge in [0.15, 0.2) is 0 Å². The van der Waals surface area contributed by atoms with Crippen molar-refractivity contribution in [3.8, 4) is 10.4 Å². The number of aldehydes is 1. The molecular weight excluding hydrogens is 468 g/mol. The topological polar surface area (TPSA) is 132 Å². The summed E-state index contributed by atoms with van der Waals surface area (Å²) in [7, 11) is 0. The van der Waals surface area contributed by atoms with E-state index in [1.165, 1.54) is 4.88 Å². The van der Waals surface area contributed by atoms with Crippen molar-refractivity contribution in [3.05, 3.63) is 41.0 Å². The van der Waals surface area contributed by atoms with Gasteiger partial charge in [-0.05, 0) is 30.4 Å². The SMILES string of the molecule is CCc1ncsc1-c1ccc(CCNC(=O)[C@@H]2C[C@@H](O)CN2CC(C)(C)[C@@H](C=O)NC(=O)O)cc1. The maximum Gasteiger partial charge on any atom is 0.405 e. The largest absolute Gasteiger partial charge is 0.465 e. The maximum absolute atomic E-state index is 12.9. The molecule has 0 spiro atoms. The number of carboxylic acid groups (broad SMARTS) is 1. The summed E-state index contributed by atoms with van der Waals surface area (Å²) in [6.07, 6.45) is 0.490. The van der Waals surface area contributed by atoms with Crippen LogP contribution in [0.3, 0.4) is 0 Å². The van der Waals surface area contributed by atoms with Crippen LogP contribution in [0.25, 0.3) is 10.4 Å². The first-order chi connectivity index (χ1) is 16.6. The summed E-state index contributed by atoms with van der Waals surface area (Å²) in [6.45, 7) is 6.65. The highest BCUT2D eigenvalue weighted by Gasteiger charge is 2.41. The lowest BCUT2D eigenvalue weighted by Crippen LogP contribution is -2.53. The number of rotatable bonds is 11. The third kappa shape index (κ3) is 6.87.